The molecule has 0 bridgehead atoms. The van der Waals surface area contributed by atoms with E-state index in [1.165, 1.54) is 0 Å². The van der Waals surface area contributed by atoms with Gasteiger partial charge in [-0.15, -0.1) is 0 Å². The molecule has 0 radical (unpaired) electrons. The Labute approximate surface area is 90.9 Å². The minimum atomic E-state index is -2.88. The quantitative estimate of drug-likeness (QED) is 0.266. The molecule has 1 saturated heterocycles. The van der Waals surface area contributed by atoms with Gasteiger partial charge in [0.05, 0.1) is 6.61 Å². The van der Waals surface area contributed by atoms with Crippen LogP contribution in [0.1, 0.15) is 6.92 Å². The standard InChI is InChI=1S/C8H15NO7/c1-3(11)7(14)6(13)5(12)4(2-10)16-8(7,9)15/h4-6,10,12-15H,2,9H2,1H3. The molecule has 94 valence electrons. The van der Waals surface area contributed by atoms with Crippen LogP contribution < -0.4 is 5.73 Å². The van der Waals surface area contributed by atoms with Gasteiger partial charge in [-0.3, -0.25) is 10.5 Å². The fourth-order valence-electron chi connectivity index (χ4n) is 1.66. The Morgan fingerprint density at radius 3 is 2.31 bits per heavy atom. The molecule has 8 heteroatoms. The van der Waals surface area contributed by atoms with Crippen molar-refractivity contribution >= 4 is 5.78 Å². The summed E-state index contributed by atoms with van der Waals surface area (Å²) in [5.41, 5.74) is 2.31. The first-order valence-electron chi connectivity index (χ1n) is 4.58. The molecule has 0 aromatic heterocycles. The van der Waals surface area contributed by atoms with Gasteiger partial charge in [-0.25, -0.2) is 0 Å². The van der Waals surface area contributed by atoms with Crippen LogP contribution in [0.2, 0.25) is 0 Å². The average Bonchev–Trinajstić information content (AvgIpc) is 2.20. The molecule has 0 aromatic rings. The molecule has 1 fully saturated rings. The van der Waals surface area contributed by atoms with Crippen LogP contribution in [0.4, 0.5) is 0 Å². The van der Waals surface area contributed by atoms with Gasteiger partial charge in [0, 0.05) is 0 Å². The summed E-state index contributed by atoms with van der Waals surface area (Å²) in [5.74, 6) is -3.95. The molecule has 1 aliphatic rings. The van der Waals surface area contributed by atoms with Crippen LogP contribution in [0.5, 0.6) is 0 Å². The van der Waals surface area contributed by atoms with Crippen LogP contribution in [-0.4, -0.2) is 67.7 Å². The number of hydrogen-bond donors (Lipinski definition) is 6. The van der Waals surface area contributed by atoms with E-state index in [1.807, 2.05) is 0 Å². The molecule has 0 amide bonds. The molecule has 0 aliphatic carbocycles. The maximum Gasteiger partial charge on any atom is 0.263 e. The first kappa shape index (κ1) is 13.5. The average molecular weight is 237 g/mol. The molecule has 7 N–H and O–H groups in total. The molecule has 5 unspecified atom stereocenters. The van der Waals surface area contributed by atoms with E-state index < -0.39 is 42.2 Å². The number of aliphatic hydroxyl groups excluding tert-OH is 3. The number of carbonyl (C=O) groups is 1. The first-order valence-corrected chi connectivity index (χ1v) is 4.58. The lowest BCUT2D eigenvalue weighted by Gasteiger charge is -2.49. The molecule has 0 spiro atoms. The van der Waals surface area contributed by atoms with Gasteiger partial charge in [-0.1, -0.05) is 0 Å². The van der Waals surface area contributed by atoms with Crippen molar-refractivity contribution in [2.24, 2.45) is 5.73 Å². The summed E-state index contributed by atoms with van der Waals surface area (Å²) in [7, 11) is 0. The summed E-state index contributed by atoms with van der Waals surface area (Å²) >= 11 is 0. The fraction of sp³-hybridized carbons (Fsp3) is 0.875. The highest BCUT2D eigenvalue weighted by atomic mass is 16.7. The van der Waals surface area contributed by atoms with Gasteiger partial charge in [-0.05, 0) is 6.92 Å². The second-order valence-electron chi connectivity index (χ2n) is 3.79. The molecule has 5 atom stereocenters. The number of Topliss-reactive ketones (excluding diaryl/α,β-unsaturated/α-hetero) is 1. The Balaban J connectivity index is 3.15. The lowest BCUT2D eigenvalue weighted by molar-refractivity contribution is -0.373. The van der Waals surface area contributed by atoms with Crippen molar-refractivity contribution in [3.05, 3.63) is 0 Å². The third-order valence-corrected chi connectivity index (χ3v) is 2.73. The molecule has 0 aromatic carbocycles. The molecule has 1 heterocycles. The van der Waals surface area contributed by atoms with Crippen LogP contribution in [0.3, 0.4) is 0 Å². The first-order chi connectivity index (χ1) is 7.18. The number of ketones is 1. The van der Waals surface area contributed by atoms with Crippen molar-refractivity contribution < 1.29 is 35.1 Å². The van der Waals surface area contributed by atoms with Crippen molar-refractivity contribution in [2.45, 2.75) is 36.7 Å². The maximum absolute atomic E-state index is 11.2. The molecular weight excluding hydrogens is 222 g/mol. The predicted molar refractivity (Wildman–Crippen MR) is 48.7 cm³/mol. The maximum atomic E-state index is 11.2. The Morgan fingerprint density at radius 1 is 1.44 bits per heavy atom. The molecule has 1 rings (SSSR count). The molecule has 0 saturated carbocycles. The number of aliphatic hydroxyl groups is 5. The van der Waals surface area contributed by atoms with Gasteiger partial charge in [0.15, 0.2) is 5.78 Å². The highest BCUT2D eigenvalue weighted by Crippen LogP contribution is 2.34. The van der Waals surface area contributed by atoms with Gasteiger partial charge in [-0.2, -0.15) is 0 Å². The largest absolute Gasteiger partial charge is 0.394 e. The number of rotatable bonds is 2. The normalized spacial score (nSPS) is 49.1. The number of carbonyl (C=O) groups excluding carboxylic acids is 1. The van der Waals surface area contributed by atoms with Gasteiger partial charge < -0.3 is 30.3 Å². The Morgan fingerprint density at radius 2 is 1.94 bits per heavy atom. The van der Waals surface area contributed by atoms with Gasteiger partial charge >= 0.3 is 0 Å². The van der Waals surface area contributed by atoms with E-state index in [2.05, 4.69) is 4.74 Å². The molecular formula is C8H15NO7. The smallest absolute Gasteiger partial charge is 0.263 e. The fourth-order valence-corrected chi connectivity index (χ4v) is 1.66. The van der Waals surface area contributed by atoms with Gasteiger partial charge in [0.1, 0.15) is 18.3 Å². The number of hydrogen-bond acceptors (Lipinski definition) is 8. The van der Waals surface area contributed by atoms with Crippen LogP contribution >= 0.6 is 0 Å². The van der Waals surface area contributed by atoms with Crippen LogP contribution in [0.15, 0.2) is 0 Å². The van der Waals surface area contributed by atoms with Crippen LogP contribution in [0.25, 0.3) is 0 Å². The van der Waals surface area contributed by atoms with Crippen LogP contribution in [-0.2, 0) is 9.53 Å². The van der Waals surface area contributed by atoms with E-state index in [9.17, 15) is 25.2 Å². The van der Waals surface area contributed by atoms with E-state index in [1.54, 1.807) is 0 Å². The molecule has 16 heavy (non-hydrogen) atoms. The zero-order valence-electron chi connectivity index (χ0n) is 8.57. The minimum absolute atomic E-state index is 0.744. The topological polar surface area (TPSA) is 153 Å². The van der Waals surface area contributed by atoms with E-state index in [4.69, 9.17) is 10.8 Å². The zero-order chi connectivity index (χ0) is 12.7. The molecule has 1 aliphatic heterocycles. The predicted octanol–water partition coefficient (Wildman–Crippen LogP) is -3.98. The summed E-state index contributed by atoms with van der Waals surface area (Å²) in [6.07, 6.45) is -5.21. The Bertz CT molecular complexity index is 294. The zero-order valence-corrected chi connectivity index (χ0v) is 8.57. The van der Waals surface area contributed by atoms with E-state index in [-0.39, 0.29) is 0 Å². The summed E-state index contributed by atoms with van der Waals surface area (Å²) in [5, 5.41) is 47.1. The van der Waals surface area contributed by atoms with Crippen molar-refractivity contribution in [1.82, 2.24) is 0 Å². The highest BCUT2D eigenvalue weighted by molar-refractivity contribution is 5.86. The van der Waals surface area contributed by atoms with Crippen molar-refractivity contribution in [3.8, 4) is 0 Å². The second kappa shape index (κ2) is 4.00. The third-order valence-electron chi connectivity index (χ3n) is 2.73. The van der Waals surface area contributed by atoms with Crippen molar-refractivity contribution in [2.75, 3.05) is 6.61 Å². The number of nitrogens with two attached hydrogens (primary N) is 1. The highest BCUT2D eigenvalue weighted by Gasteiger charge is 2.64. The van der Waals surface area contributed by atoms with E-state index >= 15 is 0 Å². The summed E-state index contributed by atoms with van der Waals surface area (Å²) in [6.45, 7) is 0.127. The van der Waals surface area contributed by atoms with Crippen molar-refractivity contribution in [3.63, 3.8) is 0 Å². The monoisotopic (exact) mass is 237 g/mol. The third kappa shape index (κ3) is 1.64. The van der Waals surface area contributed by atoms with Crippen LogP contribution in [0, 0.1) is 0 Å². The number of ether oxygens (including phenoxy) is 1. The molecule has 8 nitrogen and oxygen atoms in total. The lowest BCUT2D eigenvalue weighted by Crippen LogP contribution is -2.79. The Kier molecular flexibility index (Phi) is 3.37. The van der Waals surface area contributed by atoms with Gasteiger partial charge in [0.25, 0.3) is 5.91 Å². The summed E-state index contributed by atoms with van der Waals surface area (Å²) in [6, 6.07) is 0. The second-order valence-corrected chi connectivity index (χ2v) is 3.79. The summed E-state index contributed by atoms with van der Waals surface area (Å²) in [4.78, 5) is 11.2. The lowest BCUT2D eigenvalue weighted by atomic mass is 9.81. The SMILES string of the molecule is CC(=O)C1(O)C(O)C(O)C(CO)OC1(N)O. The van der Waals surface area contributed by atoms with E-state index in [0.29, 0.717) is 0 Å². The minimum Gasteiger partial charge on any atom is -0.394 e. The van der Waals surface area contributed by atoms with E-state index in [0.717, 1.165) is 6.92 Å². The Hall–Kier alpha value is -0.610. The van der Waals surface area contributed by atoms with Crippen molar-refractivity contribution in [1.29, 1.82) is 0 Å². The van der Waals surface area contributed by atoms with Gasteiger partial charge in [0.2, 0.25) is 5.60 Å². The summed E-state index contributed by atoms with van der Waals surface area (Å²) < 4.78 is 4.59.